The van der Waals surface area contributed by atoms with Crippen LogP contribution in [0.3, 0.4) is 0 Å². The number of likely N-dealkylation sites (tertiary alicyclic amines) is 1. The summed E-state index contributed by atoms with van der Waals surface area (Å²) in [6.07, 6.45) is 5.25. The molecule has 1 N–H and O–H groups in total. The van der Waals surface area contributed by atoms with Crippen molar-refractivity contribution in [2.45, 2.75) is 63.6 Å². The van der Waals surface area contributed by atoms with Crippen LogP contribution in [0.2, 0.25) is 0 Å². The Morgan fingerprint density at radius 2 is 2.20 bits per heavy atom. The van der Waals surface area contributed by atoms with Gasteiger partial charge >= 0.3 is 0 Å². The third-order valence-corrected chi connectivity index (χ3v) is 3.63. The molecule has 1 saturated carbocycles. The zero-order valence-electron chi connectivity index (χ0n) is 9.79. The van der Waals surface area contributed by atoms with Crippen LogP contribution in [0, 0.1) is 11.8 Å². The standard InChI is InChI=1S/C13H21NO/c1-3-4-5-8-13(15)9-11(2)14(10-13)12-6-7-12/h11-12,15H,5-10H2,1-2H3. The highest BCUT2D eigenvalue weighted by Gasteiger charge is 2.45. The summed E-state index contributed by atoms with van der Waals surface area (Å²) in [5, 5.41) is 10.4. The molecule has 15 heavy (non-hydrogen) atoms. The van der Waals surface area contributed by atoms with Gasteiger partial charge in [-0.25, -0.2) is 0 Å². The van der Waals surface area contributed by atoms with E-state index in [0.717, 1.165) is 31.8 Å². The minimum Gasteiger partial charge on any atom is -0.388 e. The van der Waals surface area contributed by atoms with Crippen molar-refractivity contribution >= 4 is 0 Å². The second-order valence-electron chi connectivity index (χ2n) is 5.11. The molecule has 2 rings (SSSR count). The van der Waals surface area contributed by atoms with Crippen molar-refractivity contribution in [1.82, 2.24) is 4.90 Å². The van der Waals surface area contributed by atoms with Crippen molar-refractivity contribution in [1.29, 1.82) is 0 Å². The van der Waals surface area contributed by atoms with E-state index in [9.17, 15) is 5.11 Å². The Balaban J connectivity index is 1.89. The molecule has 0 aromatic rings. The van der Waals surface area contributed by atoms with Gasteiger partial charge in [-0.15, -0.1) is 11.8 Å². The van der Waals surface area contributed by atoms with Crippen LogP contribution in [0.4, 0.5) is 0 Å². The van der Waals surface area contributed by atoms with Gasteiger partial charge in [-0.2, -0.15) is 0 Å². The van der Waals surface area contributed by atoms with Crippen LogP contribution >= 0.6 is 0 Å². The molecule has 0 aromatic carbocycles. The molecule has 1 aliphatic heterocycles. The van der Waals surface area contributed by atoms with Gasteiger partial charge in [0.2, 0.25) is 0 Å². The molecule has 0 radical (unpaired) electrons. The Morgan fingerprint density at radius 3 is 2.80 bits per heavy atom. The van der Waals surface area contributed by atoms with Gasteiger partial charge in [0.25, 0.3) is 0 Å². The molecule has 0 aromatic heterocycles. The van der Waals surface area contributed by atoms with Crippen molar-refractivity contribution in [3.8, 4) is 11.8 Å². The van der Waals surface area contributed by atoms with E-state index < -0.39 is 5.60 Å². The molecule has 2 heteroatoms. The highest BCUT2D eigenvalue weighted by molar-refractivity contribution is 5.03. The molecule has 1 heterocycles. The Morgan fingerprint density at radius 1 is 1.47 bits per heavy atom. The predicted octanol–water partition coefficient (Wildman–Crippen LogP) is 1.78. The van der Waals surface area contributed by atoms with Crippen LogP contribution in [0.5, 0.6) is 0 Å². The van der Waals surface area contributed by atoms with Crippen LogP contribution < -0.4 is 0 Å². The third kappa shape index (κ3) is 2.53. The molecule has 2 unspecified atom stereocenters. The lowest BCUT2D eigenvalue weighted by Gasteiger charge is -2.22. The summed E-state index contributed by atoms with van der Waals surface area (Å²) in [5.74, 6) is 5.94. The summed E-state index contributed by atoms with van der Waals surface area (Å²) in [5.41, 5.74) is -0.466. The van der Waals surface area contributed by atoms with Gasteiger partial charge in [0.15, 0.2) is 0 Å². The van der Waals surface area contributed by atoms with Gasteiger partial charge in [-0.05, 0) is 39.5 Å². The molecular weight excluding hydrogens is 186 g/mol. The lowest BCUT2D eigenvalue weighted by Crippen LogP contribution is -2.34. The third-order valence-electron chi connectivity index (χ3n) is 3.63. The highest BCUT2D eigenvalue weighted by Crippen LogP contribution is 2.38. The molecule has 2 atom stereocenters. The Kier molecular flexibility index (Phi) is 3.04. The van der Waals surface area contributed by atoms with E-state index in [0.29, 0.717) is 6.04 Å². The summed E-state index contributed by atoms with van der Waals surface area (Å²) in [6, 6.07) is 1.32. The van der Waals surface area contributed by atoms with E-state index in [1.807, 2.05) is 6.92 Å². The quantitative estimate of drug-likeness (QED) is 0.713. The maximum Gasteiger partial charge on any atom is 0.0798 e. The topological polar surface area (TPSA) is 23.5 Å². The molecule has 2 fully saturated rings. The average Bonchev–Trinajstić information content (AvgIpc) is 2.94. The first-order valence-corrected chi connectivity index (χ1v) is 6.02. The van der Waals surface area contributed by atoms with Gasteiger partial charge in [0.1, 0.15) is 0 Å². The van der Waals surface area contributed by atoms with Crippen LogP contribution in [0.25, 0.3) is 0 Å². The number of hydrogen-bond acceptors (Lipinski definition) is 2. The molecule has 0 bridgehead atoms. The molecule has 1 saturated heterocycles. The lowest BCUT2D eigenvalue weighted by molar-refractivity contribution is 0.0412. The number of nitrogens with zero attached hydrogens (tertiary/aromatic N) is 1. The molecule has 1 aliphatic carbocycles. The fourth-order valence-electron chi connectivity index (χ4n) is 2.72. The van der Waals surface area contributed by atoms with Crippen molar-refractivity contribution in [2.75, 3.05) is 6.54 Å². The van der Waals surface area contributed by atoms with Gasteiger partial charge in [-0.3, -0.25) is 4.90 Å². The fourth-order valence-corrected chi connectivity index (χ4v) is 2.72. The van der Waals surface area contributed by atoms with Crippen molar-refractivity contribution in [3.63, 3.8) is 0 Å². The van der Waals surface area contributed by atoms with Gasteiger partial charge in [0, 0.05) is 25.0 Å². The molecular formula is C13H21NO. The second-order valence-corrected chi connectivity index (χ2v) is 5.11. The van der Waals surface area contributed by atoms with E-state index in [1.165, 1.54) is 12.8 Å². The van der Waals surface area contributed by atoms with E-state index in [1.54, 1.807) is 0 Å². The van der Waals surface area contributed by atoms with Gasteiger partial charge in [0.05, 0.1) is 5.60 Å². The molecule has 2 aliphatic rings. The average molecular weight is 207 g/mol. The minimum atomic E-state index is -0.466. The van der Waals surface area contributed by atoms with Crippen molar-refractivity contribution < 1.29 is 5.11 Å². The summed E-state index contributed by atoms with van der Waals surface area (Å²) in [4.78, 5) is 2.49. The maximum atomic E-state index is 10.4. The SMILES string of the molecule is CC#CCCC1(O)CC(C)N(C2CC2)C1. The first kappa shape index (κ1) is 11.0. The van der Waals surface area contributed by atoms with Crippen LogP contribution in [-0.2, 0) is 0 Å². The van der Waals surface area contributed by atoms with Crippen LogP contribution in [0.15, 0.2) is 0 Å². The predicted molar refractivity (Wildman–Crippen MR) is 61.4 cm³/mol. The number of rotatable bonds is 3. The highest BCUT2D eigenvalue weighted by atomic mass is 16.3. The largest absolute Gasteiger partial charge is 0.388 e. The number of β-amino-alcohol motifs (C(OH)–C–C–N with tert-alkyl or cyclic N) is 1. The zero-order valence-corrected chi connectivity index (χ0v) is 9.79. The lowest BCUT2D eigenvalue weighted by atomic mass is 9.95. The van der Waals surface area contributed by atoms with Gasteiger partial charge in [-0.1, -0.05) is 0 Å². The first-order valence-electron chi connectivity index (χ1n) is 6.02. The van der Waals surface area contributed by atoms with E-state index >= 15 is 0 Å². The molecule has 0 spiro atoms. The summed E-state index contributed by atoms with van der Waals surface area (Å²) in [7, 11) is 0. The number of aliphatic hydroxyl groups is 1. The maximum absolute atomic E-state index is 10.4. The molecule has 0 amide bonds. The van der Waals surface area contributed by atoms with Gasteiger partial charge < -0.3 is 5.11 Å². The van der Waals surface area contributed by atoms with E-state index in [-0.39, 0.29) is 0 Å². The Hall–Kier alpha value is -0.520. The fraction of sp³-hybridized carbons (Fsp3) is 0.846. The summed E-state index contributed by atoms with van der Waals surface area (Å²) in [6.45, 7) is 4.96. The summed E-state index contributed by atoms with van der Waals surface area (Å²) < 4.78 is 0. The minimum absolute atomic E-state index is 0.466. The monoisotopic (exact) mass is 207 g/mol. The van der Waals surface area contributed by atoms with E-state index in [4.69, 9.17) is 0 Å². The smallest absolute Gasteiger partial charge is 0.0798 e. The van der Waals surface area contributed by atoms with Crippen LogP contribution in [0.1, 0.15) is 46.0 Å². The Labute approximate surface area is 92.7 Å². The molecule has 2 nitrogen and oxygen atoms in total. The van der Waals surface area contributed by atoms with Crippen LogP contribution in [-0.4, -0.2) is 34.2 Å². The second kappa shape index (κ2) is 4.15. The zero-order chi connectivity index (χ0) is 10.9. The normalized spacial score (nSPS) is 36.3. The summed E-state index contributed by atoms with van der Waals surface area (Å²) >= 11 is 0. The molecule has 84 valence electrons. The van der Waals surface area contributed by atoms with Crippen molar-refractivity contribution in [3.05, 3.63) is 0 Å². The number of hydrogen-bond donors (Lipinski definition) is 1. The van der Waals surface area contributed by atoms with E-state index in [2.05, 4.69) is 23.7 Å². The first-order chi connectivity index (χ1) is 7.14. The van der Waals surface area contributed by atoms with Crippen molar-refractivity contribution in [2.24, 2.45) is 0 Å². The Bertz CT molecular complexity index is 287.